The lowest BCUT2D eigenvalue weighted by molar-refractivity contribution is -0.164. The monoisotopic (exact) mass is 634 g/mol. The zero-order valence-corrected chi connectivity index (χ0v) is 25.3. The molecule has 0 aromatic heterocycles. The summed E-state index contributed by atoms with van der Waals surface area (Å²) in [5, 5.41) is 12.6. The van der Waals surface area contributed by atoms with E-state index in [0.717, 1.165) is 11.0 Å². The Kier molecular flexibility index (Phi) is 9.91. The fraction of sp³-hybridized carbons (Fsp3) is 0.448. The van der Waals surface area contributed by atoms with Crippen LogP contribution in [-0.4, -0.2) is 96.3 Å². The number of hydrogen-bond acceptors (Lipinski definition) is 8. The molecule has 3 unspecified atom stereocenters. The number of esters is 1. The molecule has 2 heterocycles. The number of nitrogens with one attached hydrogen (secondary N) is 2. The second-order valence-electron chi connectivity index (χ2n) is 11.3. The Morgan fingerprint density at radius 2 is 1.75 bits per heavy atom. The van der Waals surface area contributed by atoms with E-state index in [2.05, 4.69) is 10.6 Å². The lowest BCUT2D eigenvalue weighted by Crippen LogP contribution is -2.50. The summed E-state index contributed by atoms with van der Waals surface area (Å²) < 4.78 is 55.4. The number of anilines is 1. The van der Waals surface area contributed by atoms with Gasteiger partial charge in [-0.15, -0.1) is 0 Å². The second-order valence-corrected chi connectivity index (χ2v) is 13.5. The van der Waals surface area contributed by atoms with E-state index in [1.54, 1.807) is 20.8 Å². The molecule has 4 rings (SSSR count). The van der Waals surface area contributed by atoms with Crippen LogP contribution in [0.3, 0.4) is 0 Å². The number of benzene rings is 2. The molecule has 15 heteroatoms. The van der Waals surface area contributed by atoms with Gasteiger partial charge in [0.25, 0.3) is 0 Å². The van der Waals surface area contributed by atoms with Crippen molar-refractivity contribution in [3.05, 3.63) is 65.5 Å². The molecule has 2 fully saturated rings. The first-order valence-corrected chi connectivity index (χ1v) is 15.4. The van der Waals surface area contributed by atoms with Crippen molar-refractivity contribution in [1.82, 2.24) is 14.5 Å². The molecule has 0 radical (unpaired) electrons. The molecule has 3 N–H and O–H groups in total. The van der Waals surface area contributed by atoms with Gasteiger partial charge in [0.2, 0.25) is 15.9 Å². The SMILES string of the molecule is CC(C)(C)OC(=O)C1CC(S(=O)(=O)N2CCOCC2)C(c2ccccc2F)N1C(=O)CNC(=O)Nc1cccc(C(=O)O)c1. The van der Waals surface area contributed by atoms with E-state index in [-0.39, 0.29) is 49.5 Å². The number of urea groups is 1. The van der Waals surface area contributed by atoms with E-state index in [4.69, 9.17) is 9.47 Å². The second kappa shape index (κ2) is 13.3. The molecular weight excluding hydrogens is 599 g/mol. The molecule has 0 spiro atoms. The largest absolute Gasteiger partial charge is 0.478 e. The maximum atomic E-state index is 15.3. The van der Waals surface area contributed by atoms with Gasteiger partial charge in [0, 0.05) is 24.3 Å². The summed E-state index contributed by atoms with van der Waals surface area (Å²) in [4.78, 5) is 52.2. The smallest absolute Gasteiger partial charge is 0.335 e. The summed E-state index contributed by atoms with van der Waals surface area (Å²) in [6, 6.07) is 7.13. The van der Waals surface area contributed by atoms with Crippen molar-refractivity contribution in [3.63, 3.8) is 0 Å². The van der Waals surface area contributed by atoms with Crippen LogP contribution in [0.25, 0.3) is 0 Å². The third kappa shape index (κ3) is 7.52. The number of carboxylic acid groups (broad SMARTS) is 1. The topological polar surface area (TPSA) is 172 Å². The Bertz CT molecular complexity index is 1520. The summed E-state index contributed by atoms with van der Waals surface area (Å²) >= 11 is 0. The minimum Gasteiger partial charge on any atom is -0.478 e. The van der Waals surface area contributed by atoms with Gasteiger partial charge in [0.15, 0.2) is 0 Å². The van der Waals surface area contributed by atoms with Gasteiger partial charge >= 0.3 is 18.0 Å². The van der Waals surface area contributed by atoms with Crippen molar-refractivity contribution < 1.29 is 46.6 Å². The van der Waals surface area contributed by atoms with Crippen LogP contribution in [-0.2, 0) is 29.1 Å². The van der Waals surface area contributed by atoms with Gasteiger partial charge in [0.05, 0.1) is 31.4 Å². The van der Waals surface area contributed by atoms with Crippen molar-refractivity contribution in [1.29, 1.82) is 0 Å². The molecule has 238 valence electrons. The number of nitrogens with zero attached hydrogens (tertiary/aromatic N) is 2. The summed E-state index contributed by atoms with van der Waals surface area (Å²) in [6.07, 6.45) is -0.368. The van der Waals surface area contributed by atoms with Crippen molar-refractivity contribution in [3.8, 4) is 0 Å². The number of rotatable bonds is 8. The summed E-state index contributed by atoms with van der Waals surface area (Å²) in [6.45, 7) is 4.58. The first-order chi connectivity index (χ1) is 20.7. The van der Waals surface area contributed by atoms with Gasteiger partial charge < -0.3 is 30.1 Å². The fourth-order valence-electron chi connectivity index (χ4n) is 5.24. The Balaban J connectivity index is 1.67. The number of amides is 3. The zero-order chi connectivity index (χ0) is 32.2. The predicted molar refractivity (Wildman–Crippen MR) is 156 cm³/mol. The molecule has 13 nitrogen and oxygen atoms in total. The number of carboxylic acids is 1. The van der Waals surface area contributed by atoms with Gasteiger partial charge in [-0.2, -0.15) is 4.31 Å². The first-order valence-electron chi connectivity index (χ1n) is 13.9. The highest BCUT2D eigenvalue weighted by atomic mass is 32.2. The van der Waals surface area contributed by atoms with Crippen LogP contribution in [0.1, 0.15) is 49.2 Å². The van der Waals surface area contributed by atoms with E-state index < -0.39 is 69.2 Å². The van der Waals surface area contributed by atoms with Gasteiger partial charge in [-0.1, -0.05) is 24.3 Å². The highest BCUT2D eigenvalue weighted by Crippen LogP contribution is 2.43. The molecule has 2 aliphatic rings. The molecule has 0 aliphatic carbocycles. The van der Waals surface area contributed by atoms with Crippen LogP contribution in [0.2, 0.25) is 0 Å². The standard InChI is InChI=1S/C29H35FN4O9S/c1-29(2,3)43-27(38)22-16-23(44(40,41)33-11-13-42-14-12-33)25(20-9-4-5-10-21(20)30)34(22)24(35)17-31-28(39)32-19-8-6-7-18(15-19)26(36)37/h4-10,15,22-23,25H,11-14,16-17H2,1-3H3,(H,36,37)(H2,31,32,39). The molecule has 0 saturated carbocycles. The van der Waals surface area contributed by atoms with Crippen molar-refractivity contribution in [2.75, 3.05) is 38.2 Å². The van der Waals surface area contributed by atoms with Crippen molar-refractivity contribution in [2.45, 2.75) is 50.1 Å². The molecule has 3 atom stereocenters. The summed E-state index contributed by atoms with van der Waals surface area (Å²) in [5.74, 6) is -3.71. The normalized spacial score (nSPS) is 21.0. The van der Waals surface area contributed by atoms with Crippen molar-refractivity contribution in [2.24, 2.45) is 0 Å². The Morgan fingerprint density at radius 3 is 2.39 bits per heavy atom. The number of ether oxygens (including phenoxy) is 2. The molecule has 2 aromatic carbocycles. The van der Waals surface area contributed by atoms with Crippen LogP contribution in [0.4, 0.5) is 14.9 Å². The van der Waals surface area contributed by atoms with E-state index in [9.17, 15) is 32.7 Å². The highest BCUT2D eigenvalue weighted by molar-refractivity contribution is 7.89. The van der Waals surface area contributed by atoms with Crippen LogP contribution in [0, 0.1) is 5.82 Å². The molecule has 2 aliphatic heterocycles. The minimum absolute atomic E-state index is 0.0542. The number of carbonyl (C=O) groups excluding carboxylic acids is 3. The fourth-order valence-corrected chi connectivity index (χ4v) is 7.31. The maximum absolute atomic E-state index is 15.3. The average Bonchev–Trinajstić information content (AvgIpc) is 3.38. The predicted octanol–water partition coefficient (Wildman–Crippen LogP) is 2.36. The van der Waals surface area contributed by atoms with Gasteiger partial charge in [0.1, 0.15) is 22.7 Å². The zero-order valence-electron chi connectivity index (χ0n) is 24.5. The number of morpholine rings is 1. The highest BCUT2D eigenvalue weighted by Gasteiger charge is 2.55. The lowest BCUT2D eigenvalue weighted by atomic mass is 10.0. The van der Waals surface area contributed by atoms with E-state index >= 15 is 4.39 Å². The van der Waals surface area contributed by atoms with Crippen molar-refractivity contribution >= 4 is 39.6 Å². The van der Waals surface area contributed by atoms with Gasteiger partial charge in [-0.3, -0.25) is 4.79 Å². The van der Waals surface area contributed by atoms with E-state index in [0.29, 0.717) is 0 Å². The molecule has 0 bridgehead atoms. The average molecular weight is 635 g/mol. The number of hydrogen-bond donors (Lipinski definition) is 3. The quantitative estimate of drug-likeness (QED) is 0.369. The number of carbonyl (C=O) groups is 4. The summed E-state index contributed by atoms with van der Waals surface area (Å²) in [7, 11) is -4.20. The first kappa shape index (κ1) is 32.8. The third-order valence-corrected chi connectivity index (χ3v) is 9.41. The summed E-state index contributed by atoms with van der Waals surface area (Å²) in [5.41, 5.74) is -1.02. The molecule has 44 heavy (non-hydrogen) atoms. The maximum Gasteiger partial charge on any atom is 0.335 e. The van der Waals surface area contributed by atoms with Crippen LogP contribution >= 0.6 is 0 Å². The van der Waals surface area contributed by atoms with E-state index in [1.165, 1.54) is 46.8 Å². The van der Waals surface area contributed by atoms with Crippen LogP contribution < -0.4 is 10.6 Å². The number of sulfonamides is 1. The number of likely N-dealkylation sites (tertiary alicyclic amines) is 1. The lowest BCUT2D eigenvalue weighted by Gasteiger charge is -2.34. The number of halogens is 1. The molecular formula is C29H35FN4O9S. The molecule has 2 saturated heterocycles. The Morgan fingerprint density at radius 1 is 1.07 bits per heavy atom. The Hall–Kier alpha value is -4.08. The Labute approximate surface area is 254 Å². The minimum atomic E-state index is -4.20. The van der Waals surface area contributed by atoms with Crippen LogP contribution in [0.5, 0.6) is 0 Å². The number of aromatic carboxylic acids is 1. The molecule has 3 amide bonds. The molecule has 2 aromatic rings. The van der Waals surface area contributed by atoms with Gasteiger partial charge in [-0.25, -0.2) is 27.2 Å². The van der Waals surface area contributed by atoms with E-state index in [1.807, 2.05) is 0 Å². The van der Waals surface area contributed by atoms with Gasteiger partial charge in [-0.05, 0) is 51.5 Å². The van der Waals surface area contributed by atoms with Crippen LogP contribution in [0.15, 0.2) is 48.5 Å². The third-order valence-electron chi connectivity index (χ3n) is 7.11.